The first-order valence-electron chi connectivity index (χ1n) is 5.92. The highest BCUT2D eigenvalue weighted by molar-refractivity contribution is 7.89. The van der Waals surface area contributed by atoms with E-state index in [1.807, 2.05) is 0 Å². The van der Waals surface area contributed by atoms with Gasteiger partial charge in [-0.05, 0) is 12.1 Å². The van der Waals surface area contributed by atoms with Crippen LogP contribution >= 0.6 is 0 Å². The van der Waals surface area contributed by atoms with Gasteiger partial charge in [0.2, 0.25) is 15.9 Å². The van der Waals surface area contributed by atoms with Gasteiger partial charge in [-0.15, -0.1) is 0 Å². The Bertz CT molecular complexity index is 530. The number of nitrogens with zero attached hydrogens (tertiary/aromatic N) is 1. The van der Waals surface area contributed by atoms with E-state index < -0.39 is 10.0 Å². The summed E-state index contributed by atoms with van der Waals surface area (Å²) in [5, 5.41) is 2.59. The van der Waals surface area contributed by atoms with Crippen LogP contribution in [0.2, 0.25) is 0 Å². The lowest BCUT2D eigenvalue weighted by atomic mass is 10.4. The van der Waals surface area contributed by atoms with Crippen LogP contribution in [-0.2, 0) is 19.6 Å². The molecule has 0 fully saturated rings. The Hall–Kier alpha value is -1.71. The van der Waals surface area contributed by atoms with Crippen molar-refractivity contribution in [3.05, 3.63) is 18.3 Å². The molecule has 0 radical (unpaired) electrons. The standard InChI is InChI=1S/C11H18N4O4S/c1-19-7-6-13-11(16)4-5-15-20(17,18)9-2-3-10(12)14-8-9/h2-3,8,15H,4-7H2,1H3,(H2,12,14)(H,13,16). The van der Waals surface area contributed by atoms with Crippen molar-refractivity contribution in [1.82, 2.24) is 15.0 Å². The van der Waals surface area contributed by atoms with Gasteiger partial charge in [-0.25, -0.2) is 18.1 Å². The van der Waals surface area contributed by atoms with Crippen LogP contribution in [0.5, 0.6) is 0 Å². The van der Waals surface area contributed by atoms with Crippen LogP contribution in [-0.4, -0.2) is 46.1 Å². The molecule has 0 spiro atoms. The monoisotopic (exact) mass is 302 g/mol. The van der Waals surface area contributed by atoms with Crippen LogP contribution in [0.25, 0.3) is 0 Å². The molecule has 0 aliphatic rings. The number of anilines is 1. The van der Waals surface area contributed by atoms with Crippen molar-refractivity contribution in [2.24, 2.45) is 0 Å². The smallest absolute Gasteiger partial charge is 0.242 e. The first-order valence-corrected chi connectivity index (χ1v) is 7.41. The first kappa shape index (κ1) is 16.3. The van der Waals surface area contributed by atoms with Gasteiger partial charge in [0.05, 0.1) is 6.61 Å². The van der Waals surface area contributed by atoms with Gasteiger partial charge in [0.1, 0.15) is 10.7 Å². The molecule has 112 valence electrons. The zero-order chi connectivity index (χ0) is 15.0. The number of nitrogens with two attached hydrogens (primary N) is 1. The molecular formula is C11H18N4O4S. The third kappa shape index (κ3) is 5.51. The number of methoxy groups -OCH3 is 1. The number of nitrogen functional groups attached to an aromatic ring is 1. The van der Waals surface area contributed by atoms with Gasteiger partial charge in [0.15, 0.2) is 0 Å². The van der Waals surface area contributed by atoms with Crippen molar-refractivity contribution in [2.75, 3.05) is 32.5 Å². The second kappa shape index (κ2) is 7.78. The predicted molar refractivity (Wildman–Crippen MR) is 73.3 cm³/mol. The molecule has 0 saturated heterocycles. The lowest BCUT2D eigenvalue weighted by molar-refractivity contribution is -0.121. The van der Waals surface area contributed by atoms with E-state index >= 15 is 0 Å². The van der Waals surface area contributed by atoms with E-state index in [4.69, 9.17) is 10.5 Å². The Morgan fingerprint density at radius 2 is 2.15 bits per heavy atom. The van der Waals surface area contributed by atoms with Crippen molar-refractivity contribution >= 4 is 21.7 Å². The molecule has 1 aromatic rings. The number of carbonyl (C=O) groups is 1. The average molecular weight is 302 g/mol. The van der Waals surface area contributed by atoms with Crippen molar-refractivity contribution < 1.29 is 17.9 Å². The molecule has 4 N–H and O–H groups in total. The first-order chi connectivity index (χ1) is 9.45. The van der Waals surface area contributed by atoms with Crippen LogP contribution in [0.4, 0.5) is 5.82 Å². The van der Waals surface area contributed by atoms with Gasteiger partial charge in [-0.3, -0.25) is 4.79 Å². The fraction of sp³-hybridized carbons (Fsp3) is 0.455. The molecule has 0 aromatic carbocycles. The number of nitrogens with one attached hydrogen (secondary N) is 2. The summed E-state index contributed by atoms with van der Waals surface area (Å²) in [5.41, 5.74) is 5.38. The van der Waals surface area contributed by atoms with Crippen molar-refractivity contribution in [1.29, 1.82) is 0 Å². The highest BCUT2D eigenvalue weighted by Crippen LogP contribution is 2.08. The van der Waals surface area contributed by atoms with E-state index in [-0.39, 0.29) is 29.6 Å². The molecule has 1 heterocycles. The summed E-state index contributed by atoms with van der Waals surface area (Å²) in [5.74, 6) is -0.0124. The number of hydrogen-bond donors (Lipinski definition) is 3. The Labute approximate surface area is 117 Å². The summed E-state index contributed by atoms with van der Waals surface area (Å²) in [6.07, 6.45) is 1.21. The lowest BCUT2D eigenvalue weighted by Crippen LogP contribution is -2.32. The van der Waals surface area contributed by atoms with Crippen molar-refractivity contribution in [3.63, 3.8) is 0 Å². The number of pyridine rings is 1. The van der Waals surface area contributed by atoms with E-state index in [1.165, 1.54) is 19.2 Å². The normalized spacial score (nSPS) is 11.2. The number of rotatable bonds is 8. The lowest BCUT2D eigenvalue weighted by Gasteiger charge is -2.07. The van der Waals surface area contributed by atoms with Gasteiger partial charge < -0.3 is 15.8 Å². The number of aromatic nitrogens is 1. The molecule has 0 atom stereocenters. The third-order valence-corrected chi connectivity index (χ3v) is 3.79. The predicted octanol–water partition coefficient (Wildman–Crippen LogP) is -0.905. The van der Waals surface area contributed by atoms with E-state index in [0.29, 0.717) is 13.2 Å². The molecule has 0 aliphatic heterocycles. The van der Waals surface area contributed by atoms with Crippen LogP contribution in [0, 0.1) is 0 Å². The fourth-order valence-electron chi connectivity index (χ4n) is 1.31. The molecule has 1 aromatic heterocycles. The zero-order valence-corrected chi connectivity index (χ0v) is 11.9. The van der Waals surface area contributed by atoms with Crippen LogP contribution in [0.1, 0.15) is 6.42 Å². The molecule has 1 amide bonds. The second-order valence-corrected chi connectivity index (χ2v) is 5.68. The largest absolute Gasteiger partial charge is 0.384 e. The minimum Gasteiger partial charge on any atom is -0.384 e. The van der Waals surface area contributed by atoms with E-state index in [1.54, 1.807) is 0 Å². The minimum atomic E-state index is -3.67. The van der Waals surface area contributed by atoms with Gasteiger partial charge in [-0.1, -0.05) is 0 Å². The van der Waals surface area contributed by atoms with E-state index in [9.17, 15) is 13.2 Å². The Morgan fingerprint density at radius 1 is 1.40 bits per heavy atom. The molecule has 0 bridgehead atoms. The fourth-order valence-corrected chi connectivity index (χ4v) is 2.29. The SMILES string of the molecule is COCCNC(=O)CCNS(=O)(=O)c1ccc(N)nc1. The summed E-state index contributed by atoms with van der Waals surface area (Å²) in [7, 11) is -2.14. The average Bonchev–Trinajstić information content (AvgIpc) is 2.39. The quantitative estimate of drug-likeness (QED) is 0.534. The maximum atomic E-state index is 11.8. The number of ether oxygens (including phenoxy) is 1. The van der Waals surface area contributed by atoms with Crippen LogP contribution in [0.15, 0.2) is 23.2 Å². The Balaban J connectivity index is 2.40. The Kier molecular flexibility index (Phi) is 6.36. The maximum Gasteiger partial charge on any atom is 0.242 e. The molecule has 8 nitrogen and oxygen atoms in total. The summed E-state index contributed by atoms with van der Waals surface area (Å²) >= 11 is 0. The molecule has 0 saturated carbocycles. The van der Waals surface area contributed by atoms with Crippen molar-refractivity contribution in [2.45, 2.75) is 11.3 Å². The molecule has 0 unspecified atom stereocenters. The molecule has 9 heteroatoms. The Morgan fingerprint density at radius 3 is 2.75 bits per heavy atom. The molecule has 0 aliphatic carbocycles. The van der Waals surface area contributed by atoms with E-state index in [0.717, 1.165) is 6.20 Å². The highest BCUT2D eigenvalue weighted by Gasteiger charge is 2.14. The molecule has 1 rings (SSSR count). The molecule has 20 heavy (non-hydrogen) atoms. The minimum absolute atomic E-state index is 0.00548. The van der Waals surface area contributed by atoms with Crippen LogP contribution < -0.4 is 15.8 Å². The topological polar surface area (TPSA) is 123 Å². The molecular weight excluding hydrogens is 284 g/mol. The number of sulfonamides is 1. The second-order valence-electron chi connectivity index (χ2n) is 3.91. The van der Waals surface area contributed by atoms with Crippen molar-refractivity contribution in [3.8, 4) is 0 Å². The number of carbonyl (C=O) groups excluding carboxylic acids is 1. The number of amides is 1. The zero-order valence-electron chi connectivity index (χ0n) is 11.1. The summed E-state index contributed by atoms with van der Waals surface area (Å²) in [6, 6.07) is 2.75. The van der Waals surface area contributed by atoms with Gasteiger partial charge in [0.25, 0.3) is 0 Å². The van der Waals surface area contributed by atoms with Gasteiger partial charge in [0, 0.05) is 32.8 Å². The summed E-state index contributed by atoms with van der Waals surface area (Å²) in [4.78, 5) is 15.1. The third-order valence-electron chi connectivity index (χ3n) is 2.34. The van der Waals surface area contributed by atoms with Gasteiger partial charge in [-0.2, -0.15) is 0 Å². The van der Waals surface area contributed by atoms with Crippen LogP contribution in [0.3, 0.4) is 0 Å². The summed E-state index contributed by atoms with van der Waals surface area (Å²) < 4.78 is 30.8. The highest BCUT2D eigenvalue weighted by atomic mass is 32.2. The van der Waals surface area contributed by atoms with Gasteiger partial charge >= 0.3 is 0 Å². The summed E-state index contributed by atoms with van der Waals surface area (Å²) in [6.45, 7) is 0.810. The maximum absolute atomic E-state index is 11.8. The number of hydrogen-bond acceptors (Lipinski definition) is 6. The van der Waals surface area contributed by atoms with E-state index in [2.05, 4.69) is 15.0 Å².